The van der Waals surface area contributed by atoms with Crippen molar-refractivity contribution in [3.05, 3.63) is 23.8 Å². The molecule has 1 atom stereocenters. The highest BCUT2D eigenvalue weighted by Gasteiger charge is 2.12. The predicted molar refractivity (Wildman–Crippen MR) is 93.4 cm³/mol. The van der Waals surface area contributed by atoms with Gasteiger partial charge in [-0.2, -0.15) is 0 Å². The van der Waals surface area contributed by atoms with Crippen LogP contribution in [0.2, 0.25) is 0 Å². The van der Waals surface area contributed by atoms with Crippen molar-refractivity contribution in [2.75, 3.05) is 20.8 Å². The highest BCUT2D eigenvalue weighted by molar-refractivity contribution is 5.96. The van der Waals surface area contributed by atoms with Gasteiger partial charge in [-0.1, -0.05) is 20.3 Å². The smallest absolute Gasteiger partial charge is 0.168 e. The summed E-state index contributed by atoms with van der Waals surface area (Å²) in [6.45, 7) is 7.59. The Morgan fingerprint density at radius 2 is 1.75 bits per heavy atom. The molecule has 1 rings (SSSR count). The number of carbonyl (C=O) groups is 1. The molecule has 0 aliphatic rings. The molecular formula is C19H32ClNO3. The quantitative estimate of drug-likeness (QED) is 0.570. The van der Waals surface area contributed by atoms with E-state index in [2.05, 4.69) is 26.1 Å². The molecule has 1 aromatic carbocycles. The summed E-state index contributed by atoms with van der Waals surface area (Å²) in [6, 6.07) is 5.92. The highest BCUT2D eigenvalue weighted by Crippen LogP contribution is 2.27. The summed E-state index contributed by atoms with van der Waals surface area (Å²) < 4.78 is 10.4. The molecule has 0 aliphatic carbocycles. The molecule has 0 heterocycles. The van der Waals surface area contributed by atoms with Crippen molar-refractivity contribution in [3.8, 4) is 11.5 Å². The molecule has 0 bridgehead atoms. The first-order valence-corrected chi connectivity index (χ1v) is 8.56. The van der Waals surface area contributed by atoms with Gasteiger partial charge in [0.1, 0.15) is 0 Å². The fourth-order valence-corrected chi connectivity index (χ4v) is 2.62. The lowest BCUT2D eigenvalue weighted by atomic mass is 10.0. The number of benzene rings is 1. The van der Waals surface area contributed by atoms with Crippen molar-refractivity contribution in [1.29, 1.82) is 0 Å². The average Bonchev–Trinajstić information content (AvgIpc) is 2.53. The Bertz CT molecular complexity index is 492. The van der Waals surface area contributed by atoms with Crippen LogP contribution in [0, 0.1) is 5.92 Å². The van der Waals surface area contributed by atoms with Crippen LogP contribution in [0.1, 0.15) is 56.8 Å². The van der Waals surface area contributed by atoms with Crippen LogP contribution in [-0.4, -0.2) is 32.6 Å². The van der Waals surface area contributed by atoms with E-state index < -0.39 is 0 Å². The molecule has 1 unspecified atom stereocenters. The number of Topliss-reactive ketones (excluding diaryl/α,β-unsaturated/α-hetero) is 1. The molecule has 0 aromatic heterocycles. The van der Waals surface area contributed by atoms with Crippen LogP contribution in [0.5, 0.6) is 11.5 Å². The maximum absolute atomic E-state index is 12.3. The summed E-state index contributed by atoms with van der Waals surface area (Å²) in [4.78, 5) is 12.3. The number of halogens is 1. The summed E-state index contributed by atoms with van der Waals surface area (Å²) in [5.41, 5.74) is 0.684. The maximum Gasteiger partial charge on any atom is 0.168 e. The Kier molecular flexibility index (Phi) is 11.5. The second kappa shape index (κ2) is 12.2. The predicted octanol–water partition coefficient (Wildman–Crippen LogP) is 0.0588. The lowest BCUT2D eigenvalue weighted by molar-refractivity contribution is -0.685. The van der Waals surface area contributed by atoms with Gasteiger partial charge in [-0.05, 0) is 43.9 Å². The summed E-state index contributed by atoms with van der Waals surface area (Å²) >= 11 is 0. The third-order valence-electron chi connectivity index (χ3n) is 4.09. The number of rotatable bonds is 11. The van der Waals surface area contributed by atoms with E-state index in [4.69, 9.17) is 9.47 Å². The molecule has 4 nitrogen and oxygen atoms in total. The molecule has 0 fully saturated rings. The van der Waals surface area contributed by atoms with Crippen molar-refractivity contribution in [3.63, 3.8) is 0 Å². The fourth-order valence-electron chi connectivity index (χ4n) is 2.62. The number of ketones is 1. The zero-order chi connectivity index (χ0) is 17.2. The molecule has 1 aromatic rings. The molecule has 2 N–H and O–H groups in total. The summed E-state index contributed by atoms with van der Waals surface area (Å²) in [7, 11) is 3.17. The van der Waals surface area contributed by atoms with Gasteiger partial charge in [0.25, 0.3) is 0 Å². The van der Waals surface area contributed by atoms with Crippen molar-refractivity contribution in [2.45, 2.75) is 52.5 Å². The van der Waals surface area contributed by atoms with Gasteiger partial charge in [0.2, 0.25) is 0 Å². The van der Waals surface area contributed by atoms with Crippen molar-refractivity contribution in [2.24, 2.45) is 5.92 Å². The number of quaternary nitrogens is 1. The standard InChI is InChI=1S/C19H31NO3.ClH/c1-14(2)7-6-8-15(3)20-12-11-17(21)16-9-10-18(22-4)19(13-16)23-5;/h9-10,13-15,20H,6-8,11-12H2,1-5H3;1H. The Balaban J connectivity index is 0.00000529. The molecule has 0 amide bonds. The van der Waals surface area contributed by atoms with Gasteiger partial charge in [0, 0.05) is 5.56 Å². The number of carbonyl (C=O) groups excluding carboxylic acids is 1. The molecule has 0 spiro atoms. The second-order valence-corrected chi connectivity index (χ2v) is 6.57. The molecule has 0 saturated heterocycles. The van der Waals surface area contributed by atoms with Crippen molar-refractivity contribution >= 4 is 5.78 Å². The number of hydrogen-bond donors (Lipinski definition) is 1. The molecule has 0 radical (unpaired) electrons. The highest BCUT2D eigenvalue weighted by atomic mass is 35.5. The molecule has 0 saturated carbocycles. The Morgan fingerprint density at radius 1 is 1.08 bits per heavy atom. The summed E-state index contributed by atoms with van der Waals surface area (Å²) in [6.07, 6.45) is 4.30. The monoisotopic (exact) mass is 357 g/mol. The largest absolute Gasteiger partial charge is 1.00 e. The number of hydrogen-bond acceptors (Lipinski definition) is 3. The minimum absolute atomic E-state index is 0. The molecule has 0 aliphatic heterocycles. The van der Waals surface area contributed by atoms with Gasteiger partial charge in [0.05, 0.1) is 33.2 Å². The average molecular weight is 358 g/mol. The minimum atomic E-state index is 0. The van der Waals surface area contributed by atoms with Crippen LogP contribution in [0.3, 0.4) is 0 Å². The first kappa shape index (κ1) is 22.7. The molecular weight excluding hydrogens is 326 g/mol. The van der Waals surface area contributed by atoms with E-state index in [1.165, 1.54) is 19.3 Å². The van der Waals surface area contributed by atoms with Crippen LogP contribution in [0.4, 0.5) is 0 Å². The van der Waals surface area contributed by atoms with Gasteiger partial charge in [-0.25, -0.2) is 0 Å². The lowest BCUT2D eigenvalue weighted by Gasteiger charge is -2.12. The van der Waals surface area contributed by atoms with Gasteiger partial charge in [0.15, 0.2) is 17.3 Å². The van der Waals surface area contributed by atoms with Gasteiger partial charge in [-0.3, -0.25) is 4.79 Å². The molecule has 5 heteroatoms. The topological polar surface area (TPSA) is 52.1 Å². The van der Waals surface area contributed by atoms with Crippen LogP contribution in [0.15, 0.2) is 18.2 Å². The van der Waals surface area contributed by atoms with Crippen LogP contribution < -0.4 is 27.2 Å². The third kappa shape index (κ3) is 8.02. The Morgan fingerprint density at radius 3 is 2.33 bits per heavy atom. The van der Waals surface area contributed by atoms with E-state index >= 15 is 0 Å². The van der Waals surface area contributed by atoms with Crippen molar-refractivity contribution in [1.82, 2.24) is 0 Å². The van der Waals surface area contributed by atoms with Crippen molar-refractivity contribution < 1.29 is 32.0 Å². The van der Waals surface area contributed by atoms with Gasteiger partial charge >= 0.3 is 0 Å². The normalized spacial score (nSPS) is 11.8. The van der Waals surface area contributed by atoms with E-state index in [0.29, 0.717) is 29.5 Å². The van der Waals surface area contributed by atoms with E-state index in [0.717, 1.165) is 12.5 Å². The van der Waals surface area contributed by atoms with E-state index in [1.54, 1.807) is 32.4 Å². The number of nitrogens with two attached hydrogens (primary N) is 1. The number of methoxy groups -OCH3 is 2. The van der Waals surface area contributed by atoms with E-state index in [-0.39, 0.29) is 18.2 Å². The molecule has 24 heavy (non-hydrogen) atoms. The van der Waals surface area contributed by atoms with Crippen LogP contribution >= 0.6 is 0 Å². The fraction of sp³-hybridized carbons (Fsp3) is 0.632. The maximum atomic E-state index is 12.3. The Labute approximate surface area is 152 Å². The van der Waals surface area contributed by atoms with Crippen LogP contribution in [0.25, 0.3) is 0 Å². The first-order valence-electron chi connectivity index (χ1n) is 8.56. The Hall–Kier alpha value is -1.26. The number of ether oxygens (including phenoxy) is 2. The zero-order valence-electron chi connectivity index (χ0n) is 15.6. The SMILES string of the molecule is COc1ccc(C(=O)CC[NH2+]C(C)CCCC(C)C)cc1OC.[Cl-]. The van der Waals surface area contributed by atoms with Gasteiger partial charge in [-0.15, -0.1) is 0 Å². The van der Waals surface area contributed by atoms with Gasteiger partial charge < -0.3 is 27.2 Å². The van der Waals surface area contributed by atoms with Crippen LogP contribution in [-0.2, 0) is 0 Å². The first-order chi connectivity index (χ1) is 11.0. The zero-order valence-corrected chi connectivity index (χ0v) is 16.4. The lowest BCUT2D eigenvalue weighted by Crippen LogP contribution is -3.00. The second-order valence-electron chi connectivity index (χ2n) is 6.57. The summed E-state index contributed by atoms with van der Waals surface area (Å²) in [5, 5.41) is 2.28. The van der Waals surface area contributed by atoms with E-state index in [9.17, 15) is 4.79 Å². The molecule has 138 valence electrons. The minimum Gasteiger partial charge on any atom is -1.00 e. The van der Waals surface area contributed by atoms with E-state index in [1.807, 2.05) is 0 Å². The summed E-state index contributed by atoms with van der Waals surface area (Å²) in [5.74, 6) is 2.17. The third-order valence-corrected chi connectivity index (χ3v) is 4.09.